The molecular weight excluding hydrogens is 228 g/mol. The average Bonchev–Trinajstić information content (AvgIpc) is 2.90. The monoisotopic (exact) mass is 250 g/mol. The summed E-state index contributed by atoms with van der Waals surface area (Å²) in [6.07, 6.45) is 1.31. The van der Waals surface area contributed by atoms with Gasteiger partial charge in [0.05, 0.1) is 0 Å². The first-order valence-corrected chi connectivity index (χ1v) is 7.55. The van der Waals surface area contributed by atoms with Gasteiger partial charge in [-0.15, -0.1) is 0 Å². The second-order valence-corrected chi connectivity index (χ2v) is 5.91. The Labute approximate surface area is 108 Å². The Kier molecular flexibility index (Phi) is 4.89. The smallest absolute Gasteiger partial charge is 0.0295 e. The summed E-state index contributed by atoms with van der Waals surface area (Å²) >= 11 is 2.05. The topological polar surface area (TPSA) is 38.0 Å². The van der Waals surface area contributed by atoms with Crippen LogP contribution in [0.3, 0.4) is 0 Å². The summed E-state index contributed by atoms with van der Waals surface area (Å²) in [5, 5.41) is 3.69. The van der Waals surface area contributed by atoms with Crippen molar-refractivity contribution in [3.63, 3.8) is 0 Å². The van der Waals surface area contributed by atoms with E-state index in [1.165, 1.54) is 23.5 Å². The molecule has 0 radical (unpaired) electrons. The molecule has 3 heteroatoms. The van der Waals surface area contributed by atoms with Crippen molar-refractivity contribution in [3.8, 4) is 0 Å². The maximum absolute atomic E-state index is 5.91. The molecule has 1 fully saturated rings. The Hall–Kier alpha value is -0.510. The maximum Gasteiger partial charge on any atom is 0.0295 e. The fourth-order valence-corrected chi connectivity index (χ4v) is 3.76. The highest BCUT2D eigenvalue weighted by Gasteiger charge is 2.25. The molecule has 3 atom stereocenters. The van der Waals surface area contributed by atoms with Gasteiger partial charge in [0, 0.05) is 18.6 Å². The molecule has 3 N–H and O–H groups in total. The van der Waals surface area contributed by atoms with Crippen LogP contribution in [0, 0.1) is 5.92 Å². The van der Waals surface area contributed by atoms with E-state index in [0.29, 0.717) is 12.1 Å². The molecule has 1 aromatic carbocycles. The Bertz CT molecular complexity index is 322. The van der Waals surface area contributed by atoms with E-state index in [4.69, 9.17) is 5.73 Å². The first kappa shape index (κ1) is 12.9. The number of hydrogen-bond donors (Lipinski definition) is 2. The van der Waals surface area contributed by atoms with Crippen LogP contribution in [0.4, 0.5) is 0 Å². The molecule has 2 rings (SSSR count). The van der Waals surface area contributed by atoms with Crippen molar-refractivity contribution in [2.45, 2.75) is 25.4 Å². The van der Waals surface area contributed by atoms with E-state index >= 15 is 0 Å². The zero-order valence-corrected chi connectivity index (χ0v) is 11.2. The van der Waals surface area contributed by atoms with Crippen molar-refractivity contribution in [1.29, 1.82) is 0 Å². The molecule has 0 spiro atoms. The molecule has 1 aromatic rings. The first-order valence-electron chi connectivity index (χ1n) is 6.40. The van der Waals surface area contributed by atoms with E-state index in [1.54, 1.807) is 0 Å². The van der Waals surface area contributed by atoms with Crippen molar-refractivity contribution < 1.29 is 0 Å². The summed E-state index contributed by atoms with van der Waals surface area (Å²) in [4.78, 5) is 0. The average molecular weight is 250 g/mol. The Morgan fingerprint density at radius 1 is 1.41 bits per heavy atom. The third kappa shape index (κ3) is 3.47. The lowest BCUT2D eigenvalue weighted by Gasteiger charge is -2.27. The minimum absolute atomic E-state index is 0.385. The van der Waals surface area contributed by atoms with Crippen LogP contribution < -0.4 is 11.1 Å². The summed E-state index contributed by atoms with van der Waals surface area (Å²) in [7, 11) is 0. The summed E-state index contributed by atoms with van der Waals surface area (Å²) in [5.41, 5.74) is 7.25. The van der Waals surface area contributed by atoms with E-state index in [2.05, 4.69) is 54.3 Å². The lowest BCUT2D eigenvalue weighted by atomic mass is 9.97. The Morgan fingerprint density at radius 3 is 2.76 bits per heavy atom. The number of nitrogens with one attached hydrogen (secondary N) is 1. The summed E-state index contributed by atoms with van der Waals surface area (Å²) in [5.74, 6) is 3.30. The van der Waals surface area contributed by atoms with E-state index < -0.39 is 0 Å². The highest BCUT2D eigenvalue weighted by molar-refractivity contribution is 7.99. The first-order chi connectivity index (χ1) is 8.31. The van der Waals surface area contributed by atoms with Crippen LogP contribution in [-0.2, 0) is 0 Å². The third-order valence-corrected chi connectivity index (χ3v) is 4.74. The van der Waals surface area contributed by atoms with Crippen LogP contribution in [0.5, 0.6) is 0 Å². The SMILES string of the molecule is CC(NC(CN)C1CCSC1)c1ccccc1. The van der Waals surface area contributed by atoms with Gasteiger partial charge in [-0.1, -0.05) is 30.3 Å². The van der Waals surface area contributed by atoms with Gasteiger partial charge in [0.1, 0.15) is 0 Å². The maximum atomic E-state index is 5.91. The number of hydrogen-bond acceptors (Lipinski definition) is 3. The van der Waals surface area contributed by atoms with Gasteiger partial charge >= 0.3 is 0 Å². The lowest BCUT2D eigenvalue weighted by molar-refractivity contribution is 0.357. The third-order valence-electron chi connectivity index (χ3n) is 3.55. The normalized spacial score (nSPS) is 23.5. The molecule has 94 valence electrons. The van der Waals surface area contributed by atoms with Gasteiger partial charge in [-0.05, 0) is 36.3 Å². The van der Waals surface area contributed by atoms with Crippen molar-refractivity contribution in [2.24, 2.45) is 11.7 Å². The van der Waals surface area contributed by atoms with Crippen LogP contribution in [0.2, 0.25) is 0 Å². The van der Waals surface area contributed by atoms with Gasteiger partial charge in [-0.25, -0.2) is 0 Å². The molecule has 3 unspecified atom stereocenters. The molecule has 1 aliphatic rings. The Morgan fingerprint density at radius 2 is 2.18 bits per heavy atom. The van der Waals surface area contributed by atoms with Crippen molar-refractivity contribution in [1.82, 2.24) is 5.32 Å². The molecule has 1 heterocycles. The van der Waals surface area contributed by atoms with Crippen molar-refractivity contribution in [2.75, 3.05) is 18.1 Å². The highest BCUT2D eigenvalue weighted by Crippen LogP contribution is 2.27. The van der Waals surface area contributed by atoms with Gasteiger partial charge < -0.3 is 11.1 Å². The summed E-state index contributed by atoms with van der Waals surface area (Å²) < 4.78 is 0. The molecular formula is C14H22N2S. The molecule has 2 nitrogen and oxygen atoms in total. The summed E-state index contributed by atoms with van der Waals surface area (Å²) in [6, 6.07) is 11.4. The molecule has 0 saturated carbocycles. The van der Waals surface area contributed by atoms with E-state index in [-0.39, 0.29) is 0 Å². The second kappa shape index (κ2) is 6.43. The highest BCUT2D eigenvalue weighted by atomic mass is 32.2. The number of rotatable bonds is 5. The second-order valence-electron chi connectivity index (χ2n) is 4.76. The number of thioether (sulfide) groups is 1. The zero-order valence-electron chi connectivity index (χ0n) is 10.4. The number of benzene rings is 1. The predicted molar refractivity (Wildman–Crippen MR) is 76.3 cm³/mol. The van der Waals surface area contributed by atoms with Crippen LogP contribution in [-0.4, -0.2) is 24.1 Å². The molecule has 17 heavy (non-hydrogen) atoms. The van der Waals surface area contributed by atoms with Gasteiger partial charge in [0.15, 0.2) is 0 Å². The minimum atomic E-state index is 0.385. The Balaban J connectivity index is 1.94. The van der Waals surface area contributed by atoms with Crippen LogP contribution in [0.15, 0.2) is 30.3 Å². The van der Waals surface area contributed by atoms with Gasteiger partial charge in [0.2, 0.25) is 0 Å². The van der Waals surface area contributed by atoms with Crippen LogP contribution >= 0.6 is 11.8 Å². The van der Waals surface area contributed by atoms with Gasteiger partial charge in [-0.3, -0.25) is 0 Å². The molecule has 0 aliphatic carbocycles. The van der Waals surface area contributed by atoms with Crippen molar-refractivity contribution >= 4 is 11.8 Å². The molecule has 1 saturated heterocycles. The predicted octanol–water partition coefficient (Wildman–Crippen LogP) is 2.42. The van der Waals surface area contributed by atoms with Gasteiger partial charge in [-0.2, -0.15) is 11.8 Å². The van der Waals surface area contributed by atoms with E-state index in [0.717, 1.165) is 12.5 Å². The quantitative estimate of drug-likeness (QED) is 0.843. The zero-order chi connectivity index (χ0) is 12.1. The minimum Gasteiger partial charge on any atom is -0.329 e. The molecule has 0 amide bonds. The van der Waals surface area contributed by atoms with Crippen LogP contribution in [0.1, 0.15) is 24.9 Å². The fraction of sp³-hybridized carbons (Fsp3) is 0.571. The van der Waals surface area contributed by atoms with Crippen LogP contribution in [0.25, 0.3) is 0 Å². The fourth-order valence-electron chi connectivity index (χ4n) is 2.43. The van der Waals surface area contributed by atoms with E-state index in [1.807, 2.05) is 0 Å². The van der Waals surface area contributed by atoms with Crippen molar-refractivity contribution in [3.05, 3.63) is 35.9 Å². The summed E-state index contributed by atoms with van der Waals surface area (Å²) in [6.45, 7) is 2.96. The lowest BCUT2D eigenvalue weighted by Crippen LogP contribution is -2.43. The largest absolute Gasteiger partial charge is 0.329 e. The molecule has 0 bridgehead atoms. The number of nitrogens with two attached hydrogens (primary N) is 1. The van der Waals surface area contributed by atoms with Gasteiger partial charge in [0.25, 0.3) is 0 Å². The van der Waals surface area contributed by atoms with E-state index in [9.17, 15) is 0 Å². The standard InChI is InChI=1S/C14H22N2S/c1-11(12-5-3-2-4-6-12)16-14(9-15)13-7-8-17-10-13/h2-6,11,13-14,16H,7-10,15H2,1H3. The molecule has 0 aromatic heterocycles. The molecule has 1 aliphatic heterocycles.